The quantitative estimate of drug-likeness (QED) is 0.690. The van der Waals surface area contributed by atoms with Crippen LogP contribution in [0.25, 0.3) is 0 Å². The molecular formula is C20H33N3O4Si. The van der Waals surface area contributed by atoms with E-state index in [9.17, 15) is 5.26 Å². The SMILES string of the molecule is CC1(C)O[C@H]2[C@H](CC#N)[C@H](n3ccnc3)O[C@H](CO[Si](C)(C)C(C)(C)C)[C@H]2O1. The summed E-state index contributed by atoms with van der Waals surface area (Å²) < 4.78 is 27.3. The minimum Gasteiger partial charge on any atom is -0.414 e. The summed E-state index contributed by atoms with van der Waals surface area (Å²) in [6, 6.07) is 2.29. The van der Waals surface area contributed by atoms with Gasteiger partial charge in [0.1, 0.15) is 18.4 Å². The molecule has 7 nitrogen and oxygen atoms in total. The summed E-state index contributed by atoms with van der Waals surface area (Å²) in [5.74, 6) is -0.860. The number of imidazole rings is 1. The molecule has 28 heavy (non-hydrogen) atoms. The minimum absolute atomic E-state index is 0.112. The van der Waals surface area contributed by atoms with Gasteiger partial charge in [-0.1, -0.05) is 20.8 Å². The fraction of sp³-hybridized carbons (Fsp3) is 0.800. The van der Waals surface area contributed by atoms with Crippen LogP contribution in [0, 0.1) is 17.2 Å². The lowest BCUT2D eigenvalue weighted by Crippen LogP contribution is -2.54. The summed E-state index contributed by atoms with van der Waals surface area (Å²) in [4.78, 5) is 4.15. The zero-order valence-electron chi connectivity index (χ0n) is 18.0. The zero-order chi connectivity index (χ0) is 20.7. The van der Waals surface area contributed by atoms with Crippen LogP contribution in [0.15, 0.2) is 18.7 Å². The Bertz CT molecular complexity index is 708. The van der Waals surface area contributed by atoms with Gasteiger partial charge in [-0.05, 0) is 32.0 Å². The van der Waals surface area contributed by atoms with Crippen molar-refractivity contribution in [2.45, 2.75) is 89.5 Å². The summed E-state index contributed by atoms with van der Waals surface area (Å²) in [7, 11) is -1.94. The zero-order valence-corrected chi connectivity index (χ0v) is 19.0. The van der Waals surface area contributed by atoms with E-state index in [0.29, 0.717) is 13.0 Å². The highest BCUT2D eigenvalue weighted by Crippen LogP contribution is 2.45. The van der Waals surface area contributed by atoms with E-state index < -0.39 is 14.1 Å². The van der Waals surface area contributed by atoms with Gasteiger partial charge in [0, 0.05) is 24.7 Å². The Balaban J connectivity index is 1.87. The smallest absolute Gasteiger partial charge is 0.192 e. The molecule has 2 saturated heterocycles. The first-order valence-corrected chi connectivity index (χ1v) is 12.9. The van der Waals surface area contributed by atoms with Crippen molar-refractivity contribution in [3.63, 3.8) is 0 Å². The lowest BCUT2D eigenvalue weighted by Gasteiger charge is -2.44. The van der Waals surface area contributed by atoms with Crippen molar-refractivity contribution < 1.29 is 18.6 Å². The normalized spacial score (nSPS) is 32.7. The van der Waals surface area contributed by atoms with E-state index in [0.717, 1.165) is 0 Å². The molecule has 0 spiro atoms. The molecule has 2 aliphatic rings. The molecule has 0 aliphatic carbocycles. The summed E-state index contributed by atoms with van der Waals surface area (Å²) >= 11 is 0. The largest absolute Gasteiger partial charge is 0.414 e. The molecule has 0 radical (unpaired) electrons. The van der Waals surface area contributed by atoms with Crippen LogP contribution in [0.1, 0.15) is 47.3 Å². The number of nitrogens with zero attached hydrogens (tertiary/aromatic N) is 3. The number of fused-ring (bicyclic) bond motifs is 1. The maximum Gasteiger partial charge on any atom is 0.192 e. The topological polar surface area (TPSA) is 78.5 Å². The second-order valence-corrected chi connectivity index (χ2v) is 14.5. The van der Waals surface area contributed by atoms with Gasteiger partial charge in [0.15, 0.2) is 14.1 Å². The molecule has 0 bridgehead atoms. The maximum absolute atomic E-state index is 9.40. The van der Waals surface area contributed by atoms with Gasteiger partial charge < -0.3 is 23.2 Å². The third-order valence-electron chi connectivity index (χ3n) is 6.19. The number of rotatable bonds is 5. The molecule has 0 N–H and O–H groups in total. The third-order valence-corrected chi connectivity index (χ3v) is 10.7. The Morgan fingerprint density at radius 2 is 1.93 bits per heavy atom. The van der Waals surface area contributed by atoms with Crippen molar-refractivity contribution in [2.24, 2.45) is 5.92 Å². The number of hydrogen-bond acceptors (Lipinski definition) is 6. The third kappa shape index (κ3) is 4.19. The van der Waals surface area contributed by atoms with E-state index in [1.165, 1.54) is 0 Å². The highest BCUT2D eigenvalue weighted by atomic mass is 28.4. The van der Waals surface area contributed by atoms with Gasteiger partial charge in [0.25, 0.3) is 0 Å². The minimum atomic E-state index is -1.94. The van der Waals surface area contributed by atoms with Crippen LogP contribution in [0.5, 0.6) is 0 Å². The first-order valence-electron chi connectivity index (χ1n) is 9.95. The van der Waals surface area contributed by atoms with Crippen LogP contribution in [0.2, 0.25) is 18.1 Å². The lowest BCUT2D eigenvalue weighted by atomic mass is 9.88. The highest BCUT2D eigenvalue weighted by Gasteiger charge is 2.55. The molecule has 0 amide bonds. The summed E-state index contributed by atoms with van der Waals surface area (Å²) in [5, 5.41) is 9.51. The number of ether oxygens (including phenoxy) is 3. The fourth-order valence-corrected chi connectivity index (χ4v) is 4.64. The molecule has 5 atom stereocenters. The van der Waals surface area contributed by atoms with Gasteiger partial charge in [0.05, 0.1) is 25.1 Å². The lowest BCUT2D eigenvalue weighted by molar-refractivity contribution is -0.198. The first kappa shape index (κ1) is 21.5. The van der Waals surface area contributed by atoms with E-state index in [-0.39, 0.29) is 35.5 Å². The summed E-state index contributed by atoms with van der Waals surface area (Å²) in [6.07, 6.45) is 4.51. The molecule has 3 heterocycles. The van der Waals surface area contributed by atoms with Crippen LogP contribution < -0.4 is 0 Å². The molecule has 0 aromatic carbocycles. The number of hydrogen-bond donors (Lipinski definition) is 0. The standard InChI is InChI=1S/C20H33N3O4Si/c1-19(2,3)28(6,7)24-12-15-17-16(26-20(4,5)27-17)14(8-9-21)18(25-15)23-11-10-22-13-23/h10-11,13-18H,8,12H2,1-7H3/t14-,15+,16-,17+,18+/m0/s1. The maximum atomic E-state index is 9.40. The van der Waals surface area contributed by atoms with E-state index in [4.69, 9.17) is 18.6 Å². The van der Waals surface area contributed by atoms with Gasteiger partial charge in [-0.2, -0.15) is 5.26 Å². The van der Waals surface area contributed by atoms with E-state index in [1.807, 2.05) is 24.6 Å². The van der Waals surface area contributed by atoms with E-state index in [1.54, 1.807) is 12.5 Å². The van der Waals surface area contributed by atoms with Crippen molar-refractivity contribution in [3.05, 3.63) is 18.7 Å². The van der Waals surface area contributed by atoms with Crippen molar-refractivity contribution in [3.8, 4) is 6.07 Å². The predicted octanol–water partition coefficient (Wildman–Crippen LogP) is 3.85. The number of aromatic nitrogens is 2. The fourth-order valence-electron chi connectivity index (χ4n) is 3.63. The van der Waals surface area contributed by atoms with Crippen LogP contribution in [0.3, 0.4) is 0 Å². The molecule has 3 rings (SSSR count). The Kier molecular flexibility index (Phi) is 5.78. The van der Waals surface area contributed by atoms with Crippen molar-refractivity contribution in [1.29, 1.82) is 5.26 Å². The Hall–Kier alpha value is -1.24. The Morgan fingerprint density at radius 1 is 1.25 bits per heavy atom. The Labute approximate surface area is 169 Å². The molecular weight excluding hydrogens is 374 g/mol. The average Bonchev–Trinajstić information content (AvgIpc) is 3.20. The first-order chi connectivity index (χ1) is 13.0. The van der Waals surface area contributed by atoms with Crippen molar-refractivity contribution in [1.82, 2.24) is 9.55 Å². The molecule has 0 unspecified atom stereocenters. The van der Waals surface area contributed by atoms with Crippen LogP contribution in [0.4, 0.5) is 0 Å². The van der Waals surface area contributed by atoms with E-state index in [2.05, 4.69) is 44.9 Å². The van der Waals surface area contributed by atoms with E-state index >= 15 is 0 Å². The second kappa shape index (κ2) is 7.54. The second-order valence-electron chi connectivity index (χ2n) is 9.74. The highest BCUT2D eigenvalue weighted by molar-refractivity contribution is 6.74. The van der Waals surface area contributed by atoms with Crippen LogP contribution in [-0.4, -0.2) is 48.6 Å². The predicted molar refractivity (Wildman–Crippen MR) is 107 cm³/mol. The molecule has 2 fully saturated rings. The molecule has 1 aromatic rings. The molecule has 2 aliphatic heterocycles. The molecule has 156 valence electrons. The monoisotopic (exact) mass is 407 g/mol. The Morgan fingerprint density at radius 3 is 2.50 bits per heavy atom. The van der Waals surface area contributed by atoms with Crippen LogP contribution in [-0.2, 0) is 18.6 Å². The van der Waals surface area contributed by atoms with Crippen molar-refractivity contribution in [2.75, 3.05) is 6.61 Å². The van der Waals surface area contributed by atoms with Gasteiger partial charge in [-0.15, -0.1) is 0 Å². The molecule has 8 heteroatoms. The molecule has 0 saturated carbocycles. The number of nitriles is 1. The van der Waals surface area contributed by atoms with Gasteiger partial charge in [0.2, 0.25) is 0 Å². The van der Waals surface area contributed by atoms with Gasteiger partial charge >= 0.3 is 0 Å². The summed E-state index contributed by atoms with van der Waals surface area (Å²) in [6.45, 7) is 15.4. The van der Waals surface area contributed by atoms with Gasteiger partial charge in [-0.3, -0.25) is 0 Å². The van der Waals surface area contributed by atoms with Gasteiger partial charge in [-0.25, -0.2) is 4.98 Å². The van der Waals surface area contributed by atoms with Crippen molar-refractivity contribution >= 4 is 8.32 Å². The van der Waals surface area contributed by atoms with Crippen LogP contribution >= 0.6 is 0 Å². The molecule has 1 aromatic heterocycles. The average molecular weight is 408 g/mol. The summed E-state index contributed by atoms with van der Waals surface area (Å²) in [5.41, 5.74) is 0.